The molecule has 4 fully saturated rings. The second-order valence-electron chi connectivity index (χ2n) is 16.2. The molecule has 350 valence electrons. The first-order valence-electron chi connectivity index (χ1n) is 20.6. The van der Waals surface area contributed by atoms with E-state index in [9.17, 15) is 45.0 Å². The number of ether oxygens (including phenoxy) is 12. The highest BCUT2D eigenvalue weighted by Crippen LogP contribution is 2.57. The number of anilines is 1. The van der Waals surface area contributed by atoms with Gasteiger partial charge in [0, 0.05) is 18.9 Å². The standard InChI is InChI=1S/C43H47NO21/c1-16-56-14-27-37(60-16)32(47)34(49)42(62-27)63-35-19-12-24-23(58-15-59-24)11-18(19)28(29-20(35)13-57-40(29)52)17-9-25(54-3)36(26(10-17)55-4)65-43(53)44(2)21-7-5-6-8-22(21)61-41-33(48)30(45)31(46)38(64-41)39(50)51/h5-12,16,20,27-35,37-38,41-42,45-49H,13-15H2,1-4H3,(H,50,51)/t16?,20-,27?,28+,29-,30?,31-,32?,33-,34-,35?,37+,38?,41+,42?/m0/s1. The molecule has 6 N–H and O–H groups in total. The number of carbonyl (C=O) groups excluding carboxylic acids is 2. The Morgan fingerprint density at radius 1 is 0.769 bits per heavy atom. The maximum Gasteiger partial charge on any atom is 0.419 e. The van der Waals surface area contributed by atoms with Crippen LogP contribution in [0.3, 0.4) is 0 Å². The number of rotatable bonds is 10. The number of benzene rings is 3. The third kappa shape index (κ3) is 7.92. The predicted molar refractivity (Wildman–Crippen MR) is 212 cm³/mol. The van der Waals surface area contributed by atoms with Gasteiger partial charge in [-0.15, -0.1) is 0 Å². The van der Waals surface area contributed by atoms with E-state index in [1.54, 1.807) is 37.3 Å². The first-order valence-corrected chi connectivity index (χ1v) is 20.6. The van der Waals surface area contributed by atoms with Crippen LogP contribution in [0.25, 0.3) is 0 Å². The van der Waals surface area contributed by atoms with Gasteiger partial charge in [0.1, 0.15) is 48.5 Å². The third-order valence-corrected chi connectivity index (χ3v) is 12.5. The highest BCUT2D eigenvalue weighted by molar-refractivity contribution is 5.91. The Morgan fingerprint density at radius 2 is 1.45 bits per heavy atom. The minimum atomic E-state index is -1.95. The van der Waals surface area contributed by atoms with Crippen molar-refractivity contribution in [3.63, 3.8) is 0 Å². The highest BCUT2D eigenvalue weighted by atomic mass is 16.8. The van der Waals surface area contributed by atoms with Crippen LogP contribution in [0.5, 0.6) is 34.5 Å². The van der Waals surface area contributed by atoms with Crippen LogP contribution >= 0.6 is 0 Å². The fraction of sp³-hybridized carbons (Fsp3) is 0.512. The van der Waals surface area contributed by atoms with Gasteiger partial charge in [0.05, 0.1) is 45.1 Å². The normalized spacial score (nSPS) is 34.6. The maximum atomic E-state index is 13.9. The number of cyclic esters (lactones) is 1. The largest absolute Gasteiger partial charge is 0.493 e. The molecule has 0 aromatic heterocycles. The Morgan fingerprint density at radius 3 is 2.14 bits per heavy atom. The van der Waals surface area contributed by atoms with E-state index < -0.39 is 110 Å². The minimum Gasteiger partial charge on any atom is -0.493 e. The van der Waals surface area contributed by atoms with Crippen LogP contribution in [0.1, 0.15) is 35.6 Å². The van der Waals surface area contributed by atoms with Crippen molar-refractivity contribution in [1.29, 1.82) is 0 Å². The number of hydrogen-bond acceptors (Lipinski definition) is 20. The minimum absolute atomic E-state index is 0.0220. The monoisotopic (exact) mass is 913 g/mol. The van der Waals surface area contributed by atoms with E-state index in [4.69, 9.17) is 56.8 Å². The molecule has 0 bridgehead atoms. The van der Waals surface area contributed by atoms with Gasteiger partial charge in [0.15, 0.2) is 41.7 Å². The van der Waals surface area contributed by atoms with E-state index in [1.807, 2.05) is 0 Å². The summed E-state index contributed by atoms with van der Waals surface area (Å²) in [6.45, 7) is 1.61. The number of methoxy groups -OCH3 is 2. The van der Waals surface area contributed by atoms with Crippen molar-refractivity contribution >= 4 is 23.7 Å². The summed E-state index contributed by atoms with van der Waals surface area (Å²) in [6, 6.07) is 12.6. The number of para-hydroxylation sites is 2. The Balaban J connectivity index is 1.02. The highest BCUT2D eigenvalue weighted by Gasteiger charge is 2.56. The van der Waals surface area contributed by atoms with Gasteiger partial charge in [-0.25, -0.2) is 9.59 Å². The van der Waals surface area contributed by atoms with Crippen LogP contribution in [-0.4, -0.2) is 158 Å². The molecule has 4 saturated heterocycles. The van der Waals surface area contributed by atoms with Crippen LogP contribution in [-0.2, 0) is 38.0 Å². The first-order chi connectivity index (χ1) is 31.2. The number of aliphatic hydroxyl groups is 5. The number of fused-ring (bicyclic) bond motifs is 4. The number of carbonyl (C=O) groups is 3. The van der Waals surface area contributed by atoms with E-state index in [1.165, 1.54) is 39.5 Å². The molecule has 3 aromatic rings. The van der Waals surface area contributed by atoms with Crippen molar-refractivity contribution in [3.05, 3.63) is 65.2 Å². The molecular weight excluding hydrogens is 866 g/mol. The number of hydrogen-bond donors (Lipinski definition) is 6. The Labute approximate surface area is 369 Å². The predicted octanol–water partition coefficient (Wildman–Crippen LogP) is 0.539. The van der Waals surface area contributed by atoms with Crippen LogP contribution < -0.4 is 33.3 Å². The van der Waals surface area contributed by atoms with Crippen LogP contribution in [0.4, 0.5) is 10.5 Å². The van der Waals surface area contributed by atoms with E-state index in [0.717, 1.165) is 4.90 Å². The number of nitrogens with zero attached hydrogens (tertiary/aromatic N) is 1. The fourth-order valence-electron chi connectivity index (χ4n) is 9.18. The molecule has 0 spiro atoms. The summed E-state index contributed by atoms with van der Waals surface area (Å²) < 4.78 is 69.7. The van der Waals surface area contributed by atoms with Crippen molar-refractivity contribution in [1.82, 2.24) is 0 Å². The number of carboxylic acids is 1. The van der Waals surface area contributed by atoms with Crippen molar-refractivity contribution in [2.45, 2.75) is 86.6 Å². The van der Waals surface area contributed by atoms with Gasteiger partial charge in [-0.3, -0.25) is 9.69 Å². The average molecular weight is 914 g/mol. The summed E-state index contributed by atoms with van der Waals surface area (Å²) in [5.41, 5.74) is 1.66. The van der Waals surface area contributed by atoms with Crippen molar-refractivity contribution < 1.29 is 102 Å². The van der Waals surface area contributed by atoms with Gasteiger partial charge >= 0.3 is 18.0 Å². The van der Waals surface area contributed by atoms with Crippen molar-refractivity contribution in [2.75, 3.05) is 46.2 Å². The van der Waals surface area contributed by atoms with E-state index in [2.05, 4.69) is 0 Å². The average Bonchev–Trinajstić information content (AvgIpc) is 3.93. The van der Waals surface area contributed by atoms with E-state index in [0.29, 0.717) is 28.2 Å². The zero-order chi connectivity index (χ0) is 46.0. The summed E-state index contributed by atoms with van der Waals surface area (Å²) in [5, 5.41) is 62.9. The van der Waals surface area contributed by atoms with Crippen molar-refractivity contribution in [2.24, 2.45) is 11.8 Å². The van der Waals surface area contributed by atoms with Gasteiger partial charge in [-0.2, -0.15) is 0 Å². The molecule has 1 amide bonds. The lowest BCUT2D eigenvalue weighted by Gasteiger charge is -2.47. The van der Waals surface area contributed by atoms with Gasteiger partial charge in [-0.1, -0.05) is 12.1 Å². The number of amides is 1. The molecule has 9 rings (SSSR count). The van der Waals surface area contributed by atoms with Gasteiger partial charge in [0.2, 0.25) is 18.8 Å². The quantitative estimate of drug-likeness (QED) is 0.151. The smallest absolute Gasteiger partial charge is 0.419 e. The summed E-state index contributed by atoms with van der Waals surface area (Å²) in [7, 11) is 4.03. The fourth-order valence-corrected chi connectivity index (χ4v) is 9.18. The summed E-state index contributed by atoms with van der Waals surface area (Å²) in [5.74, 6) is -3.89. The second-order valence-corrected chi connectivity index (χ2v) is 16.2. The van der Waals surface area contributed by atoms with Crippen LogP contribution in [0.15, 0.2) is 48.5 Å². The van der Waals surface area contributed by atoms with Crippen molar-refractivity contribution in [3.8, 4) is 34.5 Å². The lowest BCUT2D eigenvalue weighted by Crippen LogP contribution is -2.63. The molecule has 65 heavy (non-hydrogen) atoms. The van der Waals surface area contributed by atoms with Gasteiger partial charge in [0.25, 0.3) is 0 Å². The number of aliphatic hydroxyl groups excluding tert-OH is 5. The Hall–Kier alpha value is -5.53. The molecule has 6 aliphatic rings. The molecule has 5 heterocycles. The molecule has 22 heteroatoms. The first kappa shape index (κ1) is 44.7. The Bertz CT molecular complexity index is 2280. The molecule has 1 aliphatic carbocycles. The third-order valence-electron chi connectivity index (χ3n) is 12.5. The second kappa shape index (κ2) is 17.7. The van der Waals surface area contributed by atoms with E-state index in [-0.39, 0.29) is 48.7 Å². The molecule has 0 saturated carbocycles. The summed E-state index contributed by atoms with van der Waals surface area (Å²) in [6.07, 6.45) is -17.9. The Kier molecular flexibility index (Phi) is 12.2. The maximum absolute atomic E-state index is 13.9. The molecule has 7 unspecified atom stereocenters. The number of esters is 1. The molecule has 15 atom stereocenters. The molecule has 3 aromatic carbocycles. The molecule has 5 aliphatic heterocycles. The van der Waals surface area contributed by atoms with E-state index >= 15 is 0 Å². The number of carboxylic acid groups (broad SMARTS) is 1. The summed E-state index contributed by atoms with van der Waals surface area (Å²) >= 11 is 0. The molecule has 22 nitrogen and oxygen atoms in total. The lowest BCUT2D eigenvalue weighted by atomic mass is 9.66. The number of aliphatic carboxylic acids is 1. The van der Waals surface area contributed by atoms with Crippen LogP contribution in [0, 0.1) is 11.8 Å². The topological polar surface area (TPSA) is 287 Å². The van der Waals surface area contributed by atoms with Gasteiger partial charge in [-0.05, 0) is 60.0 Å². The molecular formula is C43H47NO21. The summed E-state index contributed by atoms with van der Waals surface area (Å²) in [4.78, 5) is 40.5. The lowest BCUT2D eigenvalue weighted by molar-refractivity contribution is -0.364. The zero-order valence-electron chi connectivity index (χ0n) is 35.2. The van der Waals surface area contributed by atoms with Gasteiger partial charge < -0.3 is 87.5 Å². The molecule has 0 radical (unpaired) electrons. The van der Waals surface area contributed by atoms with Crippen LogP contribution in [0.2, 0.25) is 0 Å². The SMILES string of the molecule is COc1cc([C@@H]2c3cc4c(cc3C(OC3OC5COC(C)O[C@H]5C(O)[C@@H]3O)[C@H]3COC(=O)[C@H]23)OCO4)cc(OC)c1OC(=O)N(C)c1ccccc1O[C@@H]1OC(C(=O)O)[C@@H](O)C(O)[C@@H]1O. The zero-order valence-corrected chi connectivity index (χ0v) is 35.2.